The number of amidine groups is 1. The zero-order chi connectivity index (χ0) is 12.4. The van der Waals surface area contributed by atoms with Crippen molar-refractivity contribution < 1.29 is 0 Å². The summed E-state index contributed by atoms with van der Waals surface area (Å²) < 4.78 is 0. The Morgan fingerprint density at radius 2 is 1.94 bits per heavy atom. The molecule has 3 rings (SSSR count). The normalized spacial score (nSPS) is 23.3. The highest BCUT2D eigenvalue weighted by Gasteiger charge is 2.15. The largest absolute Gasteiger partial charge is 0.372 e. The number of nitrogens with one attached hydrogen (secondary N) is 1. The molecule has 18 heavy (non-hydrogen) atoms. The number of nitrogens with zero attached hydrogens (tertiary/aromatic N) is 2. The van der Waals surface area contributed by atoms with Gasteiger partial charge in [-0.15, -0.1) is 0 Å². The lowest BCUT2D eigenvalue weighted by atomic mass is 10.2. The maximum atomic E-state index is 4.47. The molecule has 3 nitrogen and oxygen atoms in total. The fraction of sp³-hybridized carbons (Fsp3) is 0.500. The van der Waals surface area contributed by atoms with Crippen molar-refractivity contribution >= 4 is 28.3 Å². The van der Waals surface area contributed by atoms with E-state index in [2.05, 4.69) is 46.4 Å². The average Bonchev–Trinajstić information content (AvgIpc) is 3.02. The summed E-state index contributed by atoms with van der Waals surface area (Å²) in [7, 11) is 0. The molecule has 1 aromatic rings. The summed E-state index contributed by atoms with van der Waals surface area (Å²) in [4.78, 5) is 6.92. The quantitative estimate of drug-likeness (QED) is 0.886. The van der Waals surface area contributed by atoms with Crippen LogP contribution in [-0.4, -0.2) is 30.1 Å². The van der Waals surface area contributed by atoms with Gasteiger partial charge in [-0.25, -0.2) is 0 Å². The van der Waals surface area contributed by atoms with E-state index >= 15 is 0 Å². The lowest BCUT2D eigenvalue weighted by molar-refractivity contribution is 0.949. The fourth-order valence-electron chi connectivity index (χ4n) is 2.40. The molecular weight excluding hydrogens is 242 g/mol. The van der Waals surface area contributed by atoms with Crippen molar-refractivity contribution in [2.45, 2.75) is 25.0 Å². The third-order valence-corrected chi connectivity index (χ3v) is 4.40. The predicted molar refractivity (Wildman–Crippen MR) is 80.9 cm³/mol. The molecule has 0 aliphatic carbocycles. The Morgan fingerprint density at radius 1 is 1.22 bits per heavy atom. The second-order valence-electron chi connectivity index (χ2n) is 4.94. The van der Waals surface area contributed by atoms with E-state index in [1.165, 1.54) is 31.6 Å². The van der Waals surface area contributed by atoms with Crippen LogP contribution >= 0.6 is 11.8 Å². The van der Waals surface area contributed by atoms with Gasteiger partial charge in [0.2, 0.25) is 0 Å². The van der Waals surface area contributed by atoms with Crippen molar-refractivity contribution in [2.24, 2.45) is 4.99 Å². The molecule has 1 saturated heterocycles. The summed E-state index contributed by atoms with van der Waals surface area (Å²) in [6.45, 7) is 5.54. The van der Waals surface area contributed by atoms with Crippen LogP contribution in [0.5, 0.6) is 0 Å². The van der Waals surface area contributed by atoms with Crippen molar-refractivity contribution in [3.8, 4) is 0 Å². The Bertz CT molecular complexity index is 435. The number of hydrogen-bond acceptors (Lipinski definition) is 4. The van der Waals surface area contributed by atoms with Crippen LogP contribution in [-0.2, 0) is 0 Å². The third-order valence-electron chi connectivity index (χ3n) is 3.39. The Morgan fingerprint density at radius 3 is 2.56 bits per heavy atom. The van der Waals surface area contributed by atoms with Gasteiger partial charge in [-0.1, -0.05) is 18.7 Å². The first-order valence-corrected chi connectivity index (χ1v) is 7.52. The highest BCUT2D eigenvalue weighted by Crippen LogP contribution is 2.25. The first-order valence-electron chi connectivity index (χ1n) is 6.64. The Balaban J connectivity index is 1.64. The van der Waals surface area contributed by atoms with Crippen LogP contribution in [0.15, 0.2) is 29.3 Å². The van der Waals surface area contributed by atoms with Crippen molar-refractivity contribution in [2.75, 3.05) is 29.9 Å². The van der Waals surface area contributed by atoms with Crippen LogP contribution in [0.4, 0.5) is 11.4 Å². The van der Waals surface area contributed by atoms with Gasteiger partial charge in [-0.2, -0.15) is 0 Å². The van der Waals surface area contributed by atoms with Crippen LogP contribution in [0.1, 0.15) is 19.8 Å². The van der Waals surface area contributed by atoms with E-state index in [1.807, 2.05) is 11.8 Å². The Kier molecular flexibility index (Phi) is 3.46. The minimum absolute atomic E-state index is 0.608. The molecule has 1 unspecified atom stereocenters. The molecule has 0 radical (unpaired) electrons. The van der Waals surface area contributed by atoms with Gasteiger partial charge in [0.15, 0.2) is 5.17 Å². The highest BCUT2D eigenvalue weighted by molar-refractivity contribution is 8.15. The van der Waals surface area contributed by atoms with Gasteiger partial charge in [-0.05, 0) is 37.1 Å². The zero-order valence-corrected chi connectivity index (χ0v) is 11.5. The van der Waals surface area contributed by atoms with Crippen LogP contribution in [0, 0.1) is 0 Å². The van der Waals surface area contributed by atoms with E-state index in [0.717, 1.165) is 17.4 Å². The number of benzene rings is 1. The smallest absolute Gasteiger partial charge is 0.161 e. The first kappa shape index (κ1) is 11.9. The number of anilines is 2. The van der Waals surface area contributed by atoms with Gasteiger partial charge >= 0.3 is 0 Å². The lowest BCUT2D eigenvalue weighted by Gasteiger charge is -2.17. The summed E-state index contributed by atoms with van der Waals surface area (Å²) in [6, 6.07) is 8.72. The summed E-state index contributed by atoms with van der Waals surface area (Å²) in [5, 5.41) is 5.04. The molecule has 2 aliphatic rings. The molecule has 96 valence electrons. The molecule has 0 aromatic heterocycles. The summed E-state index contributed by atoms with van der Waals surface area (Å²) in [5.41, 5.74) is 2.48. The topological polar surface area (TPSA) is 27.6 Å². The molecule has 4 heteroatoms. The molecule has 2 aliphatic heterocycles. The number of aliphatic imine (C=N–C) groups is 1. The molecule has 1 aromatic carbocycles. The molecule has 1 atom stereocenters. The summed E-state index contributed by atoms with van der Waals surface area (Å²) in [5.74, 6) is 0. The maximum absolute atomic E-state index is 4.47. The van der Waals surface area contributed by atoms with Crippen molar-refractivity contribution in [1.82, 2.24) is 0 Å². The molecule has 1 N–H and O–H groups in total. The van der Waals surface area contributed by atoms with Gasteiger partial charge in [-0.3, -0.25) is 4.99 Å². The standard InChI is InChI=1S/C14H19N3S/c1-11-10-15-14(18-11)16-12-4-6-13(7-5-12)17-8-2-3-9-17/h4-7,11H,2-3,8-10H2,1H3,(H,15,16). The van der Waals surface area contributed by atoms with Crippen LogP contribution in [0.2, 0.25) is 0 Å². The minimum Gasteiger partial charge on any atom is -0.372 e. The highest BCUT2D eigenvalue weighted by atomic mass is 32.2. The summed E-state index contributed by atoms with van der Waals surface area (Å²) in [6.07, 6.45) is 2.65. The van der Waals surface area contributed by atoms with Crippen LogP contribution in [0.25, 0.3) is 0 Å². The molecule has 0 bridgehead atoms. The van der Waals surface area contributed by atoms with E-state index in [4.69, 9.17) is 0 Å². The number of rotatable bonds is 2. The third kappa shape index (κ3) is 2.64. The van der Waals surface area contributed by atoms with Gasteiger partial charge in [0.05, 0.1) is 6.54 Å². The zero-order valence-electron chi connectivity index (χ0n) is 10.7. The molecule has 1 fully saturated rings. The lowest BCUT2D eigenvalue weighted by Crippen LogP contribution is -2.17. The SMILES string of the molecule is CC1CN=C(Nc2ccc(N3CCCC3)cc2)S1. The molecule has 0 amide bonds. The van der Waals surface area contributed by atoms with Crippen LogP contribution in [0.3, 0.4) is 0 Å². The van der Waals surface area contributed by atoms with Gasteiger partial charge in [0.25, 0.3) is 0 Å². The van der Waals surface area contributed by atoms with E-state index < -0.39 is 0 Å². The molecule has 2 heterocycles. The van der Waals surface area contributed by atoms with Crippen molar-refractivity contribution in [3.63, 3.8) is 0 Å². The number of hydrogen-bond donors (Lipinski definition) is 1. The second kappa shape index (κ2) is 5.22. The van der Waals surface area contributed by atoms with Crippen molar-refractivity contribution in [1.29, 1.82) is 0 Å². The van der Waals surface area contributed by atoms with E-state index in [0.29, 0.717) is 5.25 Å². The van der Waals surface area contributed by atoms with Crippen molar-refractivity contribution in [3.05, 3.63) is 24.3 Å². The maximum Gasteiger partial charge on any atom is 0.161 e. The summed E-state index contributed by atoms with van der Waals surface area (Å²) >= 11 is 1.82. The second-order valence-corrected chi connectivity index (χ2v) is 6.37. The number of thioether (sulfide) groups is 1. The van der Waals surface area contributed by atoms with E-state index in [9.17, 15) is 0 Å². The molecular formula is C14H19N3S. The van der Waals surface area contributed by atoms with Gasteiger partial charge in [0, 0.05) is 29.7 Å². The Hall–Kier alpha value is -1.16. The predicted octanol–water partition coefficient (Wildman–Crippen LogP) is 3.19. The van der Waals surface area contributed by atoms with E-state index in [1.54, 1.807) is 0 Å². The Labute approximate surface area is 113 Å². The minimum atomic E-state index is 0.608. The fourth-order valence-corrected chi connectivity index (χ4v) is 3.26. The molecule has 0 spiro atoms. The first-order chi connectivity index (χ1) is 8.81. The van der Waals surface area contributed by atoms with E-state index in [-0.39, 0.29) is 0 Å². The molecule has 0 saturated carbocycles. The average molecular weight is 261 g/mol. The van der Waals surface area contributed by atoms with Gasteiger partial charge < -0.3 is 10.2 Å². The monoisotopic (exact) mass is 261 g/mol. The van der Waals surface area contributed by atoms with Crippen LogP contribution < -0.4 is 10.2 Å². The van der Waals surface area contributed by atoms with Gasteiger partial charge in [0.1, 0.15) is 0 Å².